The third-order valence-electron chi connectivity index (χ3n) is 4.67. The van der Waals surface area contributed by atoms with E-state index >= 15 is 0 Å². The lowest BCUT2D eigenvalue weighted by atomic mass is 10.2. The number of nitrogens with one attached hydrogen (secondary N) is 1. The summed E-state index contributed by atoms with van der Waals surface area (Å²) >= 11 is 0. The van der Waals surface area contributed by atoms with Crippen LogP contribution in [0.3, 0.4) is 0 Å². The van der Waals surface area contributed by atoms with Crippen molar-refractivity contribution < 1.29 is 19.9 Å². The van der Waals surface area contributed by atoms with Gasteiger partial charge in [0, 0.05) is 12.1 Å². The lowest BCUT2D eigenvalue weighted by molar-refractivity contribution is -0.991. The van der Waals surface area contributed by atoms with E-state index in [1.807, 2.05) is 59.3 Å². The van der Waals surface area contributed by atoms with Crippen molar-refractivity contribution >= 4 is 16.6 Å². The Kier molecular flexibility index (Phi) is 5.44. The Morgan fingerprint density at radius 3 is 2.45 bits per heavy atom. The number of hydrogen-bond donors (Lipinski definition) is 2. The van der Waals surface area contributed by atoms with Crippen LogP contribution in [0.15, 0.2) is 72.8 Å². The Labute approximate surface area is 167 Å². The standard InChI is InChI=1S/C22H21N3O4/c1-28-19-10-7-16(8-11-19)14-24-21-12-9-18(25(26)27)13-20(21)22(23-24)29-15-17-5-3-2-4-6-17/h2-13,25-26H,14-15H2,1H3. The second-order valence-electron chi connectivity index (χ2n) is 6.62. The van der Waals surface area contributed by atoms with Crippen LogP contribution in [-0.4, -0.2) is 22.1 Å². The molecule has 148 valence electrons. The molecule has 0 spiro atoms. The van der Waals surface area contributed by atoms with E-state index in [1.54, 1.807) is 25.3 Å². The first-order chi connectivity index (χ1) is 14.1. The minimum atomic E-state index is -0.983. The smallest absolute Gasteiger partial charge is 0.241 e. The number of benzene rings is 3. The highest BCUT2D eigenvalue weighted by molar-refractivity contribution is 5.86. The van der Waals surface area contributed by atoms with Gasteiger partial charge in [-0.05, 0) is 29.3 Å². The van der Waals surface area contributed by atoms with Crippen molar-refractivity contribution in [2.75, 3.05) is 7.11 Å². The van der Waals surface area contributed by atoms with Crippen LogP contribution in [0.4, 0.5) is 5.69 Å². The fourth-order valence-corrected chi connectivity index (χ4v) is 3.14. The highest BCUT2D eigenvalue weighted by Gasteiger charge is 2.15. The van der Waals surface area contributed by atoms with Crippen LogP contribution in [0.25, 0.3) is 10.9 Å². The maximum Gasteiger partial charge on any atom is 0.241 e. The van der Waals surface area contributed by atoms with Gasteiger partial charge in [0.25, 0.3) is 0 Å². The van der Waals surface area contributed by atoms with E-state index in [0.29, 0.717) is 24.4 Å². The zero-order chi connectivity index (χ0) is 20.2. The van der Waals surface area contributed by atoms with Gasteiger partial charge in [0.1, 0.15) is 12.4 Å². The average Bonchev–Trinajstić information content (AvgIpc) is 3.10. The predicted octanol–water partition coefficient (Wildman–Crippen LogP) is 3.08. The number of quaternary nitrogens is 1. The van der Waals surface area contributed by atoms with Crippen LogP contribution in [0, 0.1) is 5.21 Å². The molecule has 4 rings (SSSR count). The number of methoxy groups -OCH3 is 1. The van der Waals surface area contributed by atoms with Crippen molar-refractivity contribution in [3.8, 4) is 11.6 Å². The second kappa shape index (κ2) is 8.32. The third-order valence-corrected chi connectivity index (χ3v) is 4.67. The third kappa shape index (κ3) is 4.22. The predicted molar refractivity (Wildman–Crippen MR) is 108 cm³/mol. The highest BCUT2D eigenvalue weighted by Crippen LogP contribution is 2.28. The van der Waals surface area contributed by atoms with Gasteiger partial charge in [0.15, 0.2) is 5.69 Å². The quantitative estimate of drug-likeness (QED) is 0.473. The van der Waals surface area contributed by atoms with Crippen LogP contribution >= 0.6 is 0 Å². The minimum absolute atomic E-state index is 0.200. The van der Waals surface area contributed by atoms with Crippen molar-refractivity contribution in [2.24, 2.45) is 0 Å². The van der Waals surface area contributed by atoms with E-state index < -0.39 is 5.23 Å². The zero-order valence-electron chi connectivity index (χ0n) is 15.9. The van der Waals surface area contributed by atoms with E-state index in [-0.39, 0.29) is 5.69 Å². The summed E-state index contributed by atoms with van der Waals surface area (Å²) < 4.78 is 13.0. The molecule has 7 heteroatoms. The molecule has 1 aromatic heterocycles. The molecule has 0 radical (unpaired) electrons. The first-order valence-electron chi connectivity index (χ1n) is 9.17. The summed E-state index contributed by atoms with van der Waals surface area (Å²) in [6.07, 6.45) is 0. The van der Waals surface area contributed by atoms with Gasteiger partial charge in [0.2, 0.25) is 5.88 Å². The number of ether oxygens (including phenoxy) is 2. The van der Waals surface area contributed by atoms with Crippen molar-refractivity contribution in [1.82, 2.24) is 9.78 Å². The summed E-state index contributed by atoms with van der Waals surface area (Å²) in [6.45, 7) is 0.883. The average molecular weight is 391 g/mol. The Hall–Kier alpha value is -3.39. The van der Waals surface area contributed by atoms with Crippen molar-refractivity contribution in [1.29, 1.82) is 0 Å². The molecule has 3 aromatic carbocycles. The molecule has 1 atom stereocenters. The summed E-state index contributed by atoms with van der Waals surface area (Å²) in [5.74, 6) is 1.21. The molecule has 1 heterocycles. The highest BCUT2D eigenvalue weighted by atomic mass is 16.8. The Morgan fingerprint density at radius 1 is 1.00 bits per heavy atom. The van der Waals surface area contributed by atoms with Crippen molar-refractivity contribution in [3.63, 3.8) is 0 Å². The summed E-state index contributed by atoms with van der Waals surface area (Å²) in [7, 11) is 1.63. The molecule has 0 aliphatic rings. The molecule has 4 aromatic rings. The number of hydrogen-bond acceptors (Lipinski definition) is 5. The zero-order valence-corrected chi connectivity index (χ0v) is 15.9. The molecular formula is C22H21N3O4. The van der Waals surface area contributed by atoms with Gasteiger partial charge in [-0.3, -0.25) is 4.68 Å². The minimum Gasteiger partial charge on any atom is -0.595 e. The fourth-order valence-electron chi connectivity index (χ4n) is 3.14. The molecule has 0 aliphatic carbocycles. The second-order valence-corrected chi connectivity index (χ2v) is 6.62. The molecule has 0 amide bonds. The lowest BCUT2D eigenvalue weighted by Crippen LogP contribution is -2.99. The first-order valence-corrected chi connectivity index (χ1v) is 9.17. The molecule has 29 heavy (non-hydrogen) atoms. The molecule has 0 bridgehead atoms. The van der Waals surface area contributed by atoms with Gasteiger partial charge >= 0.3 is 0 Å². The SMILES string of the molecule is COc1ccc(Cn2nc(OCc3ccccc3)c3cc([NH+]([O-])O)ccc32)cc1. The fraction of sp³-hybridized carbons (Fsp3) is 0.136. The lowest BCUT2D eigenvalue weighted by Gasteiger charge is -2.11. The van der Waals surface area contributed by atoms with E-state index in [4.69, 9.17) is 9.47 Å². The Morgan fingerprint density at radius 2 is 1.76 bits per heavy atom. The van der Waals surface area contributed by atoms with Gasteiger partial charge in [-0.25, -0.2) is 5.21 Å². The number of rotatable bonds is 7. The van der Waals surface area contributed by atoms with Gasteiger partial charge in [0.05, 0.1) is 24.6 Å². The number of fused-ring (bicyclic) bond motifs is 1. The molecule has 0 aliphatic heterocycles. The van der Waals surface area contributed by atoms with E-state index in [9.17, 15) is 10.4 Å². The number of aromatic nitrogens is 2. The van der Waals surface area contributed by atoms with Crippen LogP contribution in [0.2, 0.25) is 0 Å². The van der Waals surface area contributed by atoms with Crippen LogP contribution in [0.1, 0.15) is 11.1 Å². The molecule has 0 saturated carbocycles. The summed E-state index contributed by atoms with van der Waals surface area (Å²) in [6, 6.07) is 22.5. The van der Waals surface area contributed by atoms with Gasteiger partial charge < -0.3 is 14.7 Å². The maximum absolute atomic E-state index is 11.4. The van der Waals surface area contributed by atoms with Crippen molar-refractivity contribution in [3.05, 3.63) is 89.1 Å². The van der Waals surface area contributed by atoms with Gasteiger partial charge in [-0.15, -0.1) is 5.10 Å². The van der Waals surface area contributed by atoms with Crippen LogP contribution < -0.4 is 14.7 Å². The van der Waals surface area contributed by atoms with Crippen LogP contribution in [0.5, 0.6) is 11.6 Å². The van der Waals surface area contributed by atoms with E-state index in [0.717, 1.165) is 22.4 Å². The topological polar surface area (TPSA) is 84.0 Å². The first kappa shape index (κ1) is 18.9. The van der Waals surface area contributed by atoms with E-state index in [2.05, 4.69) is 5.10 Å². The maximum atomic E-state index is 11.4. The molecule has 0 fully saturated rings. The Balaban J connectivity index is 1.67. The van der Waals surface area contributed by atoms with E-state index in [1.165, 1.54) is 0 Å². The monoisotopic (exact) mass is 391 g/mol. The molecule has 2 N–H and O–H groups in total. The summed E-state index contributed by atoms with van der Waals surface area (Å²) in [5.41, 5.74) is 3.08. The molecule has 0 saturated heterocycles. The van der Waals surface area contributed by atoms with Gasteiger partial charge in [-0.1, -0.05) is 42.5 Å². The molecular weight excluding hydrogens is 370 g/mol. The molecule has 7 nitrogen and oxygen atoms in total. The number of nitrogens with zero attached hydrogens (tertiary/aromatic N) is 2. The Bertz CT molecular complexity index is 1090. The van der Waals surface area contributed by atoms with Crippen molar-refractivity contribution in [2.45, 2.75) is 13.2 Å². The molecule has 1 unspecified atom stereocenters. The van der Waals surface area contributed by atoms with Gasteiger partial charge in [-0.2, -0.15) is 5.23 Å². The normalized spacial score (nSPS) is 12.1. The summed E-state index contributed by atoms with van der Waals surface area (Å²) in [5, 5.41) is 25.1. The summed E-state index contributed by atoms with van der Waals surface area (Å²) in [4.78, 5) is 0. The largest absolute Gasteiger partial charge is 0.595 e. The van der Waals surface area contributed by atoms with Crippen LogP contribution in [-0.2, 0) is 13.2 Å².